The SMILES string of the molecule is COc1cc(CNCc2ccccc2)ccc1C(=O)C=C(SC)SC. The van der Waals surface area contributed by atoms with Crippen LogP contribution < -0.4 is 10.1 Å². The molecule has 0 heterocycles. The molecule has 3 nitrogen and oxygen atoms in total. The summed E-state index contributed by atoms with van der Waals surface area (Å²) in [6.45, 7) is 1.52. The van der Waals surface area contributed by atoms with Gasteiger partial charge in [-0.15, -0.1) is 23.5 Å². The molecular formula is C20H23NO2S2. The van der Waals surface area contributed by atoms with Crippen molar-refractivity contribution in [3.8, 4) is 5.75 Å². The number of thioether (sulfide) groups is 2. The molecule has 0 atom stereocenters. The van der Waals surface area contributed by atoms with Gasteiger partial charge in [-0.2, -0.15) is 0 Å². The van der Waals surface area contributed by atoms with Gasteiger partial charge in [0.2, 0.25) is 0 Å². The minimum atomic E-state index is -0.0284. The number of rotatable bonds is 9. The van der Waals surface area contributed by atoms with Gasteiger partial charge >= 0.3 is 0 Å². The highest BCUT2D eigenvalue weighted by molar-refractivity contribution is 8.21. The average Bonchev–Trinajstić information content (AvgIpc) is 2.66. The number of ketones is 1. The van der Waals surface area contributed by atoms with Crippen LogP contribution in [0.3, 0.4) is 0 Å². The van der Waals surface area contributed by atoms with Crippen LogP contribution in [-0.4, -0.2) is 25.4 Å². The number of hydrogen-bond acceptors (Lipinski definition) is 5. The lowest BCUT2D eigenvalue weighted by Crippen LogP contribution is -2.13. The van der Waals surface area contributed by atoms with E-state index in [0.717, 1.165) is 22.9 Å². The summed E-state index contributed by atoms with van der Waals surface area (Å²) in [7, 11) is 1.60. The van der Waals surface area contributed by atoms with Crippen LogP contribution in [0.1, 0.15) is 21.5 Å². The van der Waals surface area contributed by atoms with Crippen molar-refractivity contribution in [3.63, 3.8) is 0 Å². The molecular weight excluding hydrogens is 350 g/mol. The van der Waals surface area contributed by atoms with Crippen molar-refractivity contribution in [3.05, 3.63) is 75.5 Å². The molecule has 2 aromatic rings. The van der Waals surface area contributed by atoms with Crippen molar-refractivity contribution in [2.75, 3.05) is 19.6 Å². The van der Waals surface area contributed by atoms with Crippen LogP contribution >= 0.6 is 23.5 Å². The van der Waals surface area contributed by atoms with E-state index in [-0.39, 0.29) is 5.78 Å². The zero-order valence-corrected chi connectivity index (χ0v) is 16.4. The number of nitrogens with one attached hydrogen (secondary N) is 1. The summed E-state index contributed by atoms with van der Waals surface area (Å²) < 4.78 is 6.42. The summed E-state index contributed by atoms with van der Waals surface area (Å²) in [5.41, 5.74) is 2.92. The van der Waals surface area contributed by atoms with Crippen molar-refractivity contribution >= 4 is 29.3 Å². The zero-order chi connectivity index (χ0) is 18.1. The predicted octanol–water partition coefficient (Wildman–Crippen LogP) is 4.74. The molecule has 2 aromatic carbocycles. The minimum absolute atomic E-state index is 0.0284. The second-order valence-corrected chi connectivity index (χ2v) is 7.31. The van der Waals surface area contributed by atoms with Gasteiger partial charge in [0.1, 0.15) is 5.75 Å². The van der Waals surface area contributed by atoms with E-state index in [2.05, 4.69) is 17.4 Å². The number of carbonyl (C=O) groups excluding carboxylic acids is 1. The van der Waals surface area contributed by atoms with Gasteiger partial charge in [0, 0.05) is 23.4 Å². The topological polar surface area (TPSA) is 38.3 Å². The normalized spacial score (nSPS) is 10.4. The Morgan fingerprint density at radius 3 is 2.36 bits per heavy atom. The van der Waals surface area contributed by atoms with Gasteiger partial charge in [-0.3, -0.25) is 4.79 Å². The van der Waals surface area contributed by atoms with Crippen LogP contribution in [0.5, 0.6) is 5.75 Å². The third kappa shape index (κ3) is 5.96. The van der Waals surface area contributed by atoms with Gasteiger partial charge in [0.25, 0.3) is 0 Å². The first-order valence-corrected chi connectivity index (χ1v) is 10.4. The molecule has 0 fully saturated rings. The Labute approximate surface area is 158 Å². The molecule has 0 spiro atoms. The summed E-state index contributed by atoms with van der Waals surface area (Å²) in [6.07, 6.45) is 5.60. The van der Waals surface area contributed by atoms with Crippen molar-refractivity contribution in [2.24, 2.45) is 0 Å². The summed E-state index contributed by atoms with van der Waals surface area (Å²) >= 11 is 3.14. The lowest BCUT2D eigenvalue weighted by Gasteiger charge is -2.10. The molecule has 0 saturated carbocycles. The van der Waals surface area contributed by atoms with Crippen molar-refractivity contribution < 1.29 is 9.53 Å². The van der Waals surface area contributed by atoms with Crippen molar-refractivity contribution in [1.29, 1.82) is 0 Å². The first-order chi connectivity index (χ1) is 12.2. The first-order valence-electron chi connectivity index (χ1n) is 7.93. The minimum Gasteiger partial charge on any atom is -0.496 e. The highest BCUT2D eigenvalue weighted by Gasteiger charge is 2.12. The Kier molecular flexibility index (Phi) is 8.12. The quantitative estimate of drug-likeness (QED) is 0.508. The average molecular weight is 374 g/mol. The van der Waals surface area contributed by atoms with Gasteiger partial charge in [0.15, 0.2) is 5.78 Å². The Bertz CT molecular complexity index is 724. The van der Waals surface area contributed by atoms with Gasteiger partial charge in [-0.05, 0) is 35.8 Å². The van der Waals surface area contributed by atoms with E-state index < -0.39 is 0 Å². The van der Waals surface area contributed by atoms with E-state index in [1.807, 2.05) is 48.9 Å². The fourth-order valence-electron chi connectivity index (χ4n) is 2.38. The van der Waals surface area contributed by atoms with E-state index in [9.17, 15) is 4.79 Å². The zero-order valence-electron chi connectivity index (χ0n) is 14.7. The number of carbonyl (C=O) groups is 1. The number of benzene rings is 2. The van der Waals surface area contributed by atoms with E-state index in [1.54, 1.807) is 36.7 Å². The lowest BCUT2D eigenvalue weighted by atomic mass is 10.1. The van der Waals surface area contributed by atoms with Crippen LogP contribution in [0.4, 0.5) is 0 Å². The van der Waals surface area contributed by atoms with E-state index in [4.69, 9.17) is 4.74 Å². The van der Waals surface area contributed by atoms with Gasteiger partial charge in [0.05, 0.1) is 12.7 Å². The van der Waals surface area contributed by atoms with Crippen LogP contribution in [0, 0.1) is 0 Å². The Morgan fingerprint density at radius 1 is 1.04 bits per heavy atom. The molecule has 25 heavy (non-hydrogen) atoms. The molecule has 0 aliphatic rings. The van der Waals surface area contributed by atoms with Crippen LogP contribution in [0.2, 0.25) is 0 Å². The van der Waals surface area contributed by atoms with Crippen molar-refractivity contribution in [2.45, 2.75) is 13.1 Å². The first kappa shape index (κ1) is 19.6. The third-order valence-corrected chi connectivity index (χ3v) is 5.72. The molecule has 0 unspecified atom stereocenters. The van der Waals surface area contributed by atoms with Crippen molar-refractivity contribution in [1.82, 2.24) is 5.32 Å². The maximum Gasteiger partial charge on any atom is 0.191 e. The van der Waals surface area contributed by atoms with E-state index in [1.165, 1.54) is 5.56 Å². The molecule has 0 bridgehead atoms. The maximum absolute atomic E-state index is 12.5. The van der Waals surface area contributed by atoms with Crippen LogP contribution in [0.25, 0.3) is 0 Å². The standard InChI is InChI=1S/C20H23NO2S2/c1-23-19-11-16(14-21-13-15-7-5-4-6-8-15)9-10-17(19)18(22)12-20(24-2)25-3/h4-12,21H,13-14H2,1-3H3. The molecule has 0 aromatic heterocycles. The molecule has 0 saturated heterocycles. The summed E-state index contributed by atoms with van der Waals surface area (Å²) in [4.78, 5) is 12.5. The third-order valence-electron chi connectivity index (χ3n) is 3.68. The molecule has 132 valence electrons. The molecule has 0 aliphatic carbocycles. The number of allylic oxidation sites excluding steroid dienone is 1. The highest BCUT2D eigenvalue weighted by Crippen LogP contribution is 2.26. The summed E-state index contributed by atoms with van der Waals surface area (Å²) in [5.74, 6) is 0.584. The Balaban J connectivity index is 2.05. The Morgan fingerprint density at radius 2 is 1.72 bits per heavy atom. The summed E-state index contributed by atoms with van der Waals surface area (Å²) in [6, 6.07) is 16.0. The molecule has 1 N–H and O–H groups in total. The maximum atomic E-state index is 12.5. The predicted molar refractivity (Wildman–Crippen MR) is 109 cm³/mol. The Hall–Kier alpha value is -1.69. The van der Waals surface area contributed by atoms with Crippen LogP contribution in [0.15, 0.2) is 58.8 Å². The van der Waals surface area contributed by atoms with Gasteiger partial charge < -0.3 is 10.1 Å². The second-order valence-electron chi connectivity index (χ2n) is 5.36. The smallest absolute Gasteiger partial charge is 0.191 e. The van der Waals surface area contributed by atoms with E-state index in [0.29, 0.717) is 11.3 Å². The fraction of sp³-hybridized carbons (Fsp3) is 0.250. The monoisotopic (exact) mass is 373 g/mol. The highest BCUT2D eigenvalue weighted by atomic mass is 32.2. The van der Waals surface area contributed by atoms with Gasteiger partial charge in [-0.1, -0.05) is 36.4 Å². The number of methoxy groups -OCH3 is 1. The number of ether oxygens (including phenoxy) is 1. The largest absolute Gasteiger partial charge is 0.496 e. The second kappa shape index (κ2) is 10.3. The molecule has 0 aliphatic heterocycles. The molecule has 5 heteroatoms. The van der Waals surface area contributed by atoms with E-state index >= 15 is 0 Å². The fourth-order valence-corrected chi connectivity index (χ4v) is 3.50. The molecule has 0 amide bonds. The number of hydrogen-bond donors (Lipinski definition) is 1. The van der Waals surface area contributed by atoms with Crippen LogP contribution in [-0.2, 0) is 13.1 Å². The molecule has 2 rings (SSSR count). The van der Waals surface area contributed by atoms with Gasteiger partial charge in [-0.25, -0.2) is 0 Å². The molecule has 0 radical (unpaired) electrons. The lowest BCUT2D eigenvalue weighted by molar-refractivity contribution is 0.104. The summed E-state index contributed by atoms with van der Waals surface area (Å²) in [5, 5.41) is 3.41.